The highest BCUT2D eigenvalue weighted by Crippen LogP contribution is 2.24. The van der Waals surface area contributed by atoms with Gasteiger partial charge < -0.3 is 14.6 Å². The summed E-state index contributed by atoms with van der Waals surface area (Å²) in [7, 11) is 0. The maximum atomic E-state index is 11.9. The quantitative estimate of drug-likeness (QED) is 0.880. The minimum Gasteiger partial charge on any atom is -0.469 e. The molecule has 122 valence electrons. The van der Waals surface area contributed by atoms with Crippen molar-refractivity contribution < 1.29 is 9.21 Å². The van der Waals surface area contributed by atoms with E-state index in [1.807, 2.05) is 36.4 Å². The fraction of sp³-hybridized carbons (Fsp3) is 0.389. The smallest absolute Gasteiger partial charge is 0.220 e. The second-order valence-electron chi connectivity index (χ2n) is 5.96. The molecule has 1 N–H and O–H groups in total. The maximum Gasteiger partial charge on any atom is 0.220 e. The Balaban J connectivity index is 1.39. The zero-order valence-corrected chi connectivity index (χ0v) is 13.8. The molecular formula is C18H21ClN2O2. The fourth-order valence-corrected chi connectivity index (χ4v) is 3.05. The number of halogens is 1. The molecule has 2 heterocycles. The molecule has 1 fully saturated rings. The average molecular weight is 333 g/mol. The van der Waals surface area contributed by atoms with Gasteiger partial charge in [-0.25, -0.2) is 0 Å². The summed E-state index contributed by atoms with van der Waals surface area (Å²) in [4.78, 5) is 14.2. The summed E-state index contributed by atoms with van der Waals surface area (Å²) in [5.74, 6) is 1.44. The highest BCUT2D eigenvalue weighted by Gasteiger charge is 2.23. The van der Waals surface area contributed by atoms with Crippen LogP contribution in [0, 0.1) is 5.92 Å². The van der Waals surface area contributed by atoms with Gasteiger partial charge in [0.1, 0.15) is 5.76 Å². The highest BCUT2D eigenvalue weighted by molar-refractivity contribution is 6.30. The molecule has 0 bridgehead atoms. The summed E-state index contributed by atoms with van der Waals surface area (Å²) in [6, 6.07) is 11.7. The number of anilines is 1. The first-order valence-electron chi connectivity index (χ1n) is 8.00. The molecule has 1 aromatic carbocycles. The van der Waals surface area contributed by atoms with Gasteiger partial charge in [0.15, 0.2) is 0 Å². The van der Waals surface area contributed by atoms with Crippen LogP contribution in [-0.4, -0.2) is 25.5 Å². The van der Waals surface area contributed by atoms with E-state index in [2.05, 4.69) is 10.2 Å². The van der Waals surface area contributed by atoms with E-state index in [4.69, 9.17) is 16.0 Å². The van der Waals surface area contributed by atoms with Crippen molar-refractivity contribution in [3.63, 3.8) is 0 Å². The number of aryl methyl sites for hydroxylation is 1. The van der Waals surface area contributed by atoms with E-state index in [-0.39, 0.29) is 5.91 Å². The first-order chi connectivity index (χ1) is 11.2. The van der Waals surface area contributed by atoms with Gasteiger partial charge in [-0.3, -0.25) is 4.79 Å². The van der Waals surface area contributed by atoms with Crippen LogP contribution < -0.4 is 10.2 Å². The third-order valence-corrected chi connectivity index (χ3v) is 4.50. The molecular weight excluding hydrogens is 312 g/mol. The largest absolute Gasteiger partial charge is 0.469 e. The van der Waals surface area contributed by atoms with Gasteiger partial charge in [0.2, 0.25) is 5.91 Å². The van der Waals surface area contributed by atoms with Crippen molar-refractivity contribution in [1.29, 1.82) is 0 Å². The van der Waals surface area contributed by atoms with Crippen LogP contribution in [0.5, 0.6) is 0 Å². The molecule has 0 aliphatic carbocycles. The van der Waals surface area contributed by atoms with Crippen molar-refractivity contribution in [3.05, 3.63) is 53.4 Å². The standard InChI is InChI=1S/C18H21ClN2O2/c19-15-3-5-16(6-4-15)21-10-9-14(13-21)12-20-18(22)8-7-17-2-1-11-23-17/h1-6,11,14H,7-10,12-13H2,(H,20,22)/t14-/m1/s1. The van der Waals surface area contributed by atoms with Gasteiger partial charge in [-0.15, -0.1) is 0 Å². The summed E-state index contributed by atoms with van der Waals surface area (Å²) in [6.07, 6.45) is 3.86. The molecule has 1 amide bonds. The zero-order chi connectivity index (χ0) is 16.1. The van der Waals surface area contributed by atoms with Gasteiger partial charge in [0, 0.05) is 43.2 Å². The number of benzene rings is 1. The van der Waals surface area contributed by atoms with E-state index >= 15 is 0 Å². The first kappa shape index (κ1) is 15.9. The number of nitrogens with one attached hydrogen (secondary N) is 1. The lowest BCUT2D eigenvalue weighted by atomic mass is 10.1. The Kier molecular flexibility index (Phi) is 5.23. The molecule has 0 spiro atoms. The zero-order valence-electron chi connectivity index (χ0n) is 13.0. The number of amides is 1. The molecule has 23 heavy (non-hydrogen) atoms. The number of nitrogens with zero attached hydrogens (tertiary/aromatic N) is 1. The molecule has 0 unspecified atom stereocenters. The molecule has 1 atom stereocenters. The summed E-state index contributed by atoms with van der Waals surface area (Å²) in [5.41, 5.74) is 1.20. The van der Waals surface area contributed by atoms with Crippen LogP contribution in [0.2, 0.25) is 5.02 Å². The van der Waals surface area contributed by atoms with Crippen molar-refractivity contribution in [3.8, 4) is 0 Å². The lowest BCUT2D eigenvalue weighted by molar-refractivity contribution is -0.121. The number of rotatable bonds is 6. The van der Waals surface area contributed by atoms with Crippen molar-refractivity contribution in [2.75, 3.05) is 24.5 Å². The molecule has 0 radical (unpaired) electrons. The van der Waals surface area contributed by atoms with E-state index in [0.29, 0.717) is 18.8 Å². The van der Waals surface area contributed by atoms with Crippen LogP contribution >= 0.6 is 11.6 Å². The molecule has 1 saturated heterocycles. The lowest BCUT2D eigenvalue weighted by Crippen LogP contribution is -2.31. The normalized spacial score (nSPS) is 17.4. The van der Waals surface area contributed by atoms with Crippen LogP contribution in [0.3, 0.4) is 0 Å². The van der Waals surface area contributed by atoms with Gasteiger partial charge in [0.05, 0.1) is 6.26 Å². The van der Waals surface area contributed by atoms with E-state index in [0.717, 1.165) is 36.8 Å². The lowest BCUT2D eigenvalue weighted by Gasteiger charge is -2.19. The second-order valence-corrected chi connectivity index (χ2v) is 6.40. The van der Waals surface area contributed by atoms with E-state index < -0.39 is 0 Å². The molecule has 4 nitrogen and oxygen atoms in total. The highest BCUT2D eigenvalue weighted by atomic mass is 35.5. The molecule has 2 aromatic rings. The van der Waals surface area contributed by atoms with Crippen LogP contribution in [0.4, 0.5) is 5.69 Å². The number of furan rings is 1. The SMILES string of the molecule is O=C(CCc1ccco1)NC[C@H]1CCN(c2ccc(Cl)cc2)C1. The van der Waals surface area contributed by atoms with E-state index in [1.165, 1.54) is 5.69 Å². The summed E-state index contributed by atoms with van der Waals surface area (Å²) >= 11 is 5.93. The van der Waals surface area contributed by atoms with Gasteiger partial charge in [-0.1, -0.05) is 11.6 Å². The summed E-state index contributed by atoms with van der Waals surface area (Å²) in [5, 5.41) is 3.80. The summed E-state index contributed by atoms with van der Waals surface area (Å²) in [6.45, 7) is 2.73. The Morgan fingerprint density at radius 2 is 2.13 bits per heavy atom. The Morgan fingerprint density at radius 1 is 1.30 bits per heavy atom. The van der Waals surface area contributed by atoms with Crippen LogP contribution in [0.1, 0.15) is 18.6 Å². The van der Waals surface area contributed by atoms with Gasteiger partial charge in [0.25, 0.3) is 0 Å². The molecule has 0 saturated carbocycles. The molecule has 1 aliphatic rings. The Bertz CT molecular complexity index is 625. The van der Waals surface area contributed by atoms with Crippen LogP contribution in [0.25, 0.3) is 0 Å². The van der Waals surface area contributed by atoms with Gasteiger partial charge >= 0.3 is 0 Å². The van der Waals surface area contributed by atoms with E-state index in [9.17, 15) is 4.79 Å². The van der Waals surface area contributed by atoms with Crippen molar-refractivity contribution >= 4 is 23.2 Å². The molecule has 3 rings (SSSR count). The van der Waals surface area contributed by atoms with Crippen molar-refractivity contribution in [2.45, 2.75) is 19.3 Å². The Morgan fingerprint density at radius 3 is 2.87 bits per heavy atom. The molecule has 5 heteroatoms. The number of hydrogen-bond donors (Lipinski definition) is 1. The van der Waals surface area contributed by atoms with Gasteiger partial charge in [-0.2, -0.15) is 0 Å². The predicted molar refractivity (Wildman–Crippen MR) is 91.8 cm³/mol. The monoisotopic (exact) mass is 332 g/mol. The first-order valence-corrected chi connectivity index (χ1v) is 8.38. The number of carbonyl (C=O) groups excluding carboxylic acids is 1. The maximum absolute atomic E-state index is 11.9. The third-order valence-electron chi connectivity index (χ3n) is 4.24. The summed E-state index contributed by atoms with van der Waals surface area (Å²) < 4.78 is 5.24. The number of hydrogen-bond acceptors (Lipinski definition) is 3. The predicted octanol–water partition coefficient (Wildman–Crippen LogP) is 3.51. The van der Waals surface area contributed by atoms with Gasteiger partial charge in [-0.05, 0) is 48.7 Å². The Hall–Kier alpha value is -1.94. The van der Waals surface area contributed by atoms with Crippen molar-refractivity contribution in [2.24, 2.45) is 5.92 Å². The number of carbonyl (C=O) groups is 1. The fourth-order valence-electron chi connectivity index (χ4n) is 2.92. The average Bonchev–Trinajstić information content (AvgIpc) is 3.23. The third kappa shape index (κ3) is 4.52. The minimum absolute atomic E-state index is 0.0892. The van der Waals surface area contributed by atoms with Crippen LogP contribution in [0.15, 0.2) is 47.1 Å². The molecule has 1 aliphatic heterocycles. The van der Waals surface area contributed by atoms with E-state index in [1.54, 1.807) is 6.26 Å². The van der Waals surface area contributed by atoms with Crippen molar-refractivity contribution in [1.82, 2.24) is 5.32 Å². The minimum atomic E-state index is 0.0892. The molecule has 1 aromatic heterocycles. The Labute approximate surface area is 141 Å². The van der Waals surface area contributed by atoms with Crippen LogP contribution in [-0.2, 0) is 11.2 Å². The second kappa shape index (κ2) is 7.55. The topological polar surface area (TPSA) is 45.5 Å².